The third-order valence-electron chi connectivity index (χ3n) is 4.10. The van der Waals surface area contributed by atoms with E-state index in [9.17, 15) is 14.0 Å². The monoisotopic (exact) mass is 357 g/mol. The van der Waals surface area contributed by atoms with Crippen LogP contribution >= 0.6 is 0 Å². The maximum atomic E-state index is 13.5. The van der Waals surface area contributed by atoms with Gasteiger partial charge >= 0.3 is 0 Å². The highest BCUT2D eigenvalue weighted by Gasteiger charge is 2.20. The Balaban J connectivity index is 1.94. The van der Waals surface area contributed by atoms with Gasteiger partial charge in [0, 0.05) is 12.1 Å². The van der Waals surface area contributed by atoms with Crippen LogP contribution in [0.3, 0.4) is 0 Å². The molecule has 2 N–H and O–H groups in total. The lowest BCUT2D eigenvalue weighted by Crippen LogP contribution is -2.46. The largest absolute Gasteiger partial charge is 0.352 e. The van der Waals surface area contributed by atoms with Gasteiger partial charge in [0.1, 0.15) is 11.9 Å². The summed E-state index contributed by atoms with van der Waals surface area (Å²) in [5.74, 6) is -0.913. The predicted octanol–water partition coefficient (Wildman–Crippen LogP) is 2.36. The summed E-state index contributed by atoms with van der Waals surface area (Å²) < 4.78 is 13.5. The first kappa shape index (κ1) is 19.6. The van der Waals surface area contributed by atoms with Crippen LogP contribution in [0.5, 0.6) is 0 Å². The fourth-order valence-electron chi connectivity index (χ4n) is 2.60. The van der Waals surface area contributed by atoms with Crippen molar-refractivity contribution in [2.45, 2.75) is 19.0 Å². The number of hydrogen-bond acceptors (Lipinski definition) is 3. The van der Waals surface area contributed by atoms with Crippen LogP contribution in [0.25, 0.3) is 0 Å². The van der Waals surface area contributed by atoms with E-state index in [0.717, 1.165) is 5.56 Å². The summed E-state index contributed by atoms with van der Waals surface area (Å²) in [7, 11) is 3.73. The number of halogens is 1. The summed E-state index contributed by atoms with van der Waals surface area (Å²) in [5.41, 5.74) is 1.27. The van der Waals surface area contributed by atoms with Gasteiger partial charge in [0.25, 0.3) is 5.91 Å². The van der Waals surface area contributed by atoms with Crippen LogP contribution in [0.15, 0.2) is 54.6 Å². The van der Waals surface area contributed by atoms with E-state index in [1.807, 2.05) is 31.1 Å². The van der Waals surface area contributed by atoms with E-state index < -0.39 is 6.04 Å². The molecule has 0 aliphatic heterocycles. The number of nitrogens with one attached hydrogen (secondary N) is 2. The van der Waals surface area contributed by atoms with Crippen LogP contribution in [-0.2, 0) is 4.79 Å². The normalized spacial score (nSPS) is 13.1. The van der Waals surface area contributed by atoms with Gasteiger partial charge < -0.3 is 15.5 Å². The van der Waals surface area contributed by atoms with Gasteiger partial charge in [-0.1, -0.05) is 30.3 Å². The molecule has 0 spiro atoms. The Morgan fingerprint density at radius 1 is 1.08 bits per heavy atom. The molecule has 2 amide bonds. The summed E-state index contributed by atoms with van der Waals surface area (Å²) in [6, 6.07) is 14.2. The molecular weight excluding hydrogens is 333 g/mol. The van der Waals surface area contributed by atoms with Crippen molar-refractivity contribution in [1.82, 2.24) is 15.5 Å². The smallest absolute Gasteiger partial charge is 0.251 e. The summed E-state index contributed by atoms with van der Waals surface area (Å²) in [4.78, 5) is 26.3. The average molecular weight is 357 g/mol. The first-order valence-corrected chi connectivity index (χ1v) is 8.44. The summed E-state index contributed by atoms with van der Waals surface area (Å²) in [5, 5.41) is 5.49. The Morgan fingerprint density at radius 3 is 2.38 bits per heavy atom. The van der Waals surface area contributed by atoms with Gasteiger partial charge in [-0.2, -0.15) is 0 Å². The van der Waals surface area contributed by atoms with E-state index in [2.05, 4.69) is 10.6 Å². The molecule has 2 aromatic carbocycles. The lowest BCUT2D eigenvalue weighted by molar-refractivity contribution is -0.122. The van der Waals surface area contributed by atoms with E-state index in [-0.39, 0.29) is 23.7 Å². The minimum Gasteiger partial charge on any atom is -0.352 e. The second-order valence-electron chi connectivity index (χ2n) is 6.34. The van der Waals surface area contributed by atoms with Crippen molar-refractivity contribution in [3.05, 3.63) is 71.5 Å². The third-order valence-corrected chi connectivity index (χ3v) is 4.10. The van der Waals surface area contributed by atoms with Crippen LogP contribution < -0.4 is 10.6 Å². The minimum atomic E-state index is -0.682. The molecule has 138 valence electrons. The van der Waals surface area contributed by atoms with Crippen molar-refractivity contribution < 1.29 is 14.0 Å². The van der Waals surface area contributed by atoms with Gasteiger partial charge in [0.2, 0.25) is 5.91 Å². The SMILES string of the molecule is C[C@H](NC(=O)c1ccccc1)C(=O)NC[C@H](c1cccc(F)c1)N(C)C. The fourth-order valence-corrected chi connectivity index (χ4v) is 2.60. The molecule has 26 heavy (non-hydrogen) atoms. The molecule has 0 heterocycles. The molecule has 0 aliphatic carbocycles. The lowest BCUT2D eigenvalue weighted by atomic mass is 10.1. The maximum absolute atomic E-state index is 13.5. The Morgan fingerprint density at radius 2 is 1.77 bits per heavy atom. The molecule has 0 fully saturated rings. The number of hydrogen-bond donors (Lipinski definition) is 2. The zero-order chi connectivity index (χ0) is 19.1. The third kappa shape index (κ3) is 5.39. The van der Waals surface area contributed by atoms with Gasteiger partial charge in [-0.3, -0.25) is 9.59 Å². The summed E-state index contributed by atoms with van der Waals surface area (Å²) in [6.07, 6.45) is 0. The highest BCUT2D eigenvalue weighted by atomic mass is 19.1. The number of likely N-dealkylation sites (N-methyl/N-ethyl adjacent to an activating group) is 1. The molecule has 2 atom stereocenters. The summed E-state index contributed by atoms with van der Waals surface area (Å²) >= 11 is 0. The van der Waals surface area contributed by atoms with Crippen LogP contribution in [0.4, 0.5) is 4.39 Å². The fraction of sp³-hybridized carbons (Fsp3) is 0.300. The topological polar surface area (TPSA) is 61.4 Å². The molecule has 0 aliphatic rings. The van der Waals surface area contributed by atoms with E-state index in [1.54, 1.807) is 37.3 Å². The number of carbonyl (C=O) groups is 2. The van der Waals surface area contributed by atoms with Gasteiger partial charge in [-0.05, 0) is 50.8 Å². The van der Waals surface area contributed by atoms with Gasteiger partial charge in [-0.25, -0.2) is 4.39 Å². The number of nitrogens with zero attached hydrogens (tertiary/aromatic N) is 1. The highest BCUT2D eigenvalue weighted by molar-refractivity contribution is 5.97. The highest BCUT2D eigenvalue weighted by Crippen LogP contribution is 2.18. The molecule has 0 unspecified atom stereocenters. The molecule has 0 radical (unpaired) electrons. The molecular formula is C20H24FN3O2. The van der Waals surface area contributed by atoms with Gasteiger partial charge in [0.15, 0.2) is 0 Å². The number of benzene rings is 2. The van der Waals surface area contributed by atoms with E-state index >= 15 is 0 Å². The zero-order valence-corrected chi connectivity index (χ0v) is 15.2. The molecule has 0 saturated heterocycles. The van der Waals surface area contributed by atoms with Crippen LogP contribution in [0.1, 0.15) is 28.9 Å². The Bertz CT molecular complexity index is 750. The van der Waals surface area contributed by atoms with Crippen molar-refractivity contribution in [2.75, 3.05) is 20.6 Å². The lowest BCUT2D eigenvalue weighted by Gasteiger charge is -2.26. The zero-order valence-electron chi connectivity index (χ0n) is 15.2. The minimum absolute atomic E-state index is 0.174. The predicted molar refractivity (Wildman–Crippen MR) is 99.2 cm³/mol. The van der Waals surface area contributed by atoms with Gasteiger partial charge in [-0.15, -0.1) is 0 Å². The van der Waals surface area contributed by atoms with Crippen LogP contribution in [-0.4, -0.2) is 43.4 Å². The Kier molecular flexibility index (Phi) is 6.86. The first-order valence-electron chi connectivity index (χ1n) is 8.44. The molecule has 2 aromatic rings. The Labute approximate surface area is 153 Å². The molecule has 2 rings (SSSR count). The van der Waals surface area contributed by atoms with Crippen molar-refractivity contribution in [1.29, 1.82) is 0 Å². The second kappa shape index (κ2) is 9.10. The van der Waals surface area contributed by atoms with Crippen molar-refractivity contribution in [3.8, 4) is 0 Å². The average Bonchev–Trinajstić information content (AvgIpc) is 2.62. The van der Waals surface area contributed by atoms with Crippen molar-refractivity contribution in [2.24, 2.45) is 0 Å². The number of rotatable bonds is 7. The molecule has 0 aromatic heterocycles. The van der Waals surface area contributed by atoms with E-state index in [4.69, 9.17) is 0 Å². The van der Waals surface area contributed by atoms with E-state index in [0.29, 0.717) is 12.1 Å². The first-order chi connectivity index (χ1) is 12.4. The molecule has 0 bridgehead atoms. The van der Waals surface area contributed by atoms with Crippen molar-refractivity contribution >= 4 is 11.8 Å². The number of carbonyl (C=O) groups excluding carboxylic acids is 2. The molecule has 6 heteroatoms. The Hall–Kier alpha value is -2.73. The number of amides is 2. The van der Waals surface area contributed by atoms with Gasteiger partial charge in [0.05, 0.1) is 6.04 Å². The van der Waals surface area contributed by atoms with E-state index in [1.165, 1.54) is 12.1 Å². The van der Waals surface area contributed by atoms with Crippen LogP contribution in [0, 0.1) is 5.82 Å². The summed E-state index contributed by atoms with van der Waals surface area (Å²) in [6.45, 7) is 1.93. The molecule has 0 saturated carbocycles. The molecule has 5 nitrogen and oxygen atoms in total. The second-order valence-corrected chi connectivity index (χ2v) is 6.34. The van der Waals surface area contributed by atoms with Crippen LogP contribution in [0.2, 0.25) is 0 Å². The van der Waals surface area contributed by atoms with Crippen molar-refractivity contribution in [3.63, 3.8) is 0 Å². The maximum Gasteiger partial charge on any atom is 0.251 e. The quantitative estimate of drug-likeness (QED) is 0.800. The standard InChI is InChI=1S/C20H24FN3O2/c1-14(23-20(26)15-8-5-4-6-9-15)19(25)22-13-18(24(2)3)16-10-7-11-17(21)12-16/h4-12,14,18H,13H2,1-3H3,(H,22,25)(H,23,26)/t14-,18+/m0/s1.